The van der Waals surface area contributed by atoms with Gasteiger partial charge in [0.2, 0.25) is 5.91 Å². The summed E-state index contributed by atoms with van der Waals surface area (Å²) < 4.78 is 0. The number of nitrogens with zero attached hydrogens (tertiary/aromatic N) is 6. The Kier molecular flexibility index (Phi) is 18.2. The van der Waals surface area contributed by atoms with E-state index in [2.05, 4.69) is 74.5 Å². The standard InChI is InChI=1S/C44H67N7O3/c1-11-37(47-31-42(52)50-27-17-22-39(50)30-45)29-41(43(46-6)51(54-10)38-20-14-13-15-21-38)40-26-25-36(44(53)48(7)8)28-35(40)19-16-18-32(3)23-24-33(4)34(5)49(9)12-2/h18,23-26,28,37-39,41,47H,4-5,11-17,19-22,27,29,31H2,1-3,6-10H3/b24-23-,32-18+,46-43?. The minimum Gasteiger partial charge on any atom is -0.375 e. The Labute approximate surface area is 326 Å². The van der Waals surface area contributed by atoms with E-state index in [0.717, 1.165) is 98.1 Å². The molecule has 3 rings (SSSR count). The number of amides is 2. The number of nitriles is 1. The van der Waals surface area contributed by atoms with Crippen molar-refractivity contribution in [2.75, 3.05) is 54.9 Å². The molecule has 0 aromatic heterocycles. The number of likely N-dealkylation sites (tertiary alicyclic amines) is 1. The molecule has 0 radical (unpaired) electrons. The van der Waals surface area contributed by atoms with E-state index in [0.29, 0.717) is 18.5 Å². The van der Waals surface area contributed by atoms with Gasteiger partial charge in [-0.3, -0.25) is 19.4 Å². The molecule has 1 heterocycles. The second-order valence-corrected chi connectivity index (χ2v) is 15.0. The molecule has 296 valence electrons. The maximum Gasteiger partial charge on any atom is 0.253 e. The fourth-order valence-electron chi connectivity index (χ4n) is 7.58. The maximum atomic E-state index is 13.3. The molecule has 1 saturated carbocycles. The zero-order chi connectivity index (χ0) is 39.8. The molecule has 1 aliphatic carbocycles. The lowest BCUT2D eigenvalue weighted by Gasteiger charge is -2.38. The van der Waals surface area contributed by atoms with Crippen molar-refractivity contribution < 1.29 is 14.4 Å². The van der Waals surface area contributed by atoms with Gasteiger partial charge in [0.25, 0.3) is 5.91 Å². The van der Waals surface area contributed by atoms with E-state index >= 15 is 0 Å². The normalized spacial score (nSPS) is 18.0. The lowest BCUT2D eigenvalue weighted by Crippen LogP contribution is -2.46. The number of rotatable bonds is 19. The Morgan fingerprint density at radius 2 is 1.83 bits per heavy atom. The highest BCUT2D eigenvalue weighted by molar-refractivity contribution is 5.95. The third-order valence-electron chi connectivity index (χ3n) is 11.1. The van der Waals surface area contributed by atoms with Gasteiger partial charge >= 0.3 is 0 Å². The molecule has 1 aromatic carbocycles. The van der Waals surface area contributed by atoms with E-state index in [1.165, 1.54) is 6.42 Å². The highest BCUT2D eigenvalue weighted by Crippen LogP contribution is 2.34. The van der Waals surface area contributed by atoms with Gasteiger partial charge in [-0.2, -0.15) is 5.26 Å². The van der Waals surface area contributed by atoms with Crippen LogP contribution in [-0.4, -0.2) is 110 Å². The zero-order valence-electron chi connectivity index (χ0n) is 34.5. The SMILES string of the molecule is C=C(/C=C\C(C)=C\CCc1cc(C(=O)N(C)C)ccc1C(CC(CC)NCC(=O)N1CCCC1C#N)C(=NC)N(OC)C1CCCCC1)C(=C)N(C)CC. The predicted molar refractivity (Wildman–Crippen MR) is 221 cm³/mol. The van der Waals surface area contributed by atoms with Gasteiger partial charge in [-0.15, -0.1) is 0 Å². The van der Waals surface area contributed by atoms with Crippen LogP contribution in [0.2, 0.25) is 0 Å². The van der Waals surface area contributed by atoms with Gasteiger partial charge in [0.15, 0.2) is 0 Å². The monoisotopic (exact) mass is 742 g/mol. The summed E-state index contributed by atoms with van der Waals surface area (Å²) in [5.41, 5.74) is 5.74. The number of likely N-dealkylation sites (N-methyl/N-ethyl adjacent to an activating group) is 1. The van der Waals surface area contributed by atoms with Crippen molar-refractivity contribution in [2.45, 2.75) is 115 Å². The summed E-state index contributed by atoms with van der Waals surface area (Å²) in [4.78, 5) is 43.1. The fraction of sp³-hybridized carbons (Fsp3) is 0.591. The van der Waals surface area contributed by atoms with Crippen LogP contribution in [-0.2, 0) is 16.1 Å². The second-order valence-electron chi connectivity index (χ2n) is 15.0. The van der Waals surface area contributed by atoms with Gasteiger partial charge in [0.1, 0.15) is 11.9 Å². The van der Waals surface area contributed by atoms with Crippen LogP contribution in [0.25, 0.3) is 0 Å². The molecule has 54 heavy (non-hydrogen) atoms. The van der Waals surface area contributed by atoms with Crippen LogP contribution >= 0.6 is 0 Å². The molecule has 2 amide bonds. The average molecular weight is 742 g/mol. The number of aryl methyl sites for hydroxylation is 1. The molecule has 1 aromatic rings. The largest absolute Gasteiger partial charge is 0.375 e. The molecule has 10 nitrogen and oxygen atoms in total. The number of benzene rings is 1. The average Bonchev–Trinajstić information content (AvgIpc) is 3.68. The van der Waals surface area contributed by atoms with Crippen molar-refractivity contribution in [3.63, 3.8) is 0 Å². The van der Waals surface area contributed by atoms with Crippen LogP contribution in [0, 0.1) is 11.3 Å². The van der Waals surface area contributed by atoms with Gasteiger partial charge in [0, 0.05) is 64.5 Å². The highest BCUT2D eigenvalue weighted by Gasteiger charge is 2.34. The van der Waals surface area contributed by atoms with Crippen LogP contribution < -0.4 is 5.32 Å². The molecule has 3 unspecified atom stereocenters. The summed E-state index contributed by atoms with van der Waals surface area (Å²) in [7, 11) is 9.14. The Balaban J connectivity index is 2.02. The summed E-state index contributed by atoms with van der Waals surface area (Å²) in [5, 5.41) is 15.2. The molecule has 0 bridgehead atoms. The fourth-order valence-corrected chi connectivity index (χ4v) is 7.58. The Morgan fingerprint density at radius 3 is 2.44 bits per heavy atom. The van der Waals surface area contributed by atoms with E-state index in [9.17, 15) is 14.9 Å². The van der Waals surface area contributed by atoms with Crippen LogP contribution in [0.3, 0.4) is 0 Å². The molecular formula is C44H67N7O3. The Bertz CT molecular complexity index is 1570. The van der Waals surface area contributed by atoms with Crippen LogP contribution in [0.5, 0.6) is 0 Å². The van der Waals surface area contributed by atoms with E-state index in [-0.39, 0.29) is 42.4 Å². The molecule has 10 heteroatoms. The minimum atomic E-state index is -0.350. The van der Waals surface area contributed by atoms with Gasteiger partial charge < -0.3 is 20.0 Å². The number of hydroxylamine groups is 2. The van der Waals surface area contributed by atoms with Gasteiger partial charge in [-0.1, -0.05) is 69.2 Å². The minimum absolute atomic E-state index is 0.0123. The van der Waals surface area contributed by atoms with Crippen molar-refractivity contribution in [3.8, 4) is 6.07 Å². The summed E-state index contributed by atoms with van der Waals surface area (Å²) >= 11 is 0. The van der Waals surface area contributed by atoms with Gasteiger partial charge in [-0.25, -0.2) is 5.06 Å². The Morgan fingerprint density at radius 1 is 1.11 bits per heavy atom. The molecule has 3 atom stereocenters. The van der Waals surface area contributed by atoms with Crippen molar-refractivity contribution in [3.05, 3.63) is 83.1 Å². The number of carbonyl (C=O) groups is 2. The molecule has 2 fully saturated rings. The van der Waals surface area contributed by atoms with Crippen LogP contribution in [0.15, 0.2) is 71.4 Å². The number of hydrogen-bond acceptors (Lipinski definition) is 7. The molecular weight excluding hydrogens is 675 g/mol. The second kappa shape index (κ2) is 22.2. The summed E-state index contributed by atoms with van der Waals surface area (Å²) in [6, 6.07) is 8.24. The highest BCUT2D eigenvalue weighted by atomic mass is 16.7. The van der Waals surface area contributed by atoms with E-state index in [1.54, 1.807) is 31.0 Å². The molecule has 2 aliphatic rings. The molecule has 0 spiro atoms. The Hall–Kier alpha value is -4.20. The third-order valence-corrected chi connectivity index (χ3v) is 11.1. The number of amidine groups is 1. The van der Waals surface area contributed by atoms with Crippen LogP contribution in [0.4, 0.5) is 0 Å². The first-order valence-electron chi connectivity index (χ1n) is 19.9. The van der Waals surface area contributed by atoms with E-state index in [1.807, 2.05) is 31.3 Å². The van der Waals surface area contributed by atoms with E-state index < -0.39 is 0 Å². The van der Waals surface area contributed by atoms with Gasteiger partial charge in [-0.05, 0) is 94.0 Å². The zero-order valence-corrected chi connectivity index (χ0v) is 34.5. The molecule has 1 N–H and O–H groups in total. The lowest BCUT2D eigenvalue weighted by atomic mass is 9.83. The summed E-state index contributed by atoms with van der Waals surface area (Å²) in [5.74, 6) is 0.613. The first-order valence-corrected chi connectivity index (χ1v) is 19.9. The topological polar surface area (TPSA) is 105 Å². The third kappa shape index (κ3) is 12.2. The van der Waals surface area contributed by atoms with E-state index in [4.69, 9.17) is 9.83 Å². The van der Waals surface area contributed by atoms with Crippen LogP contribution in [0.1, 0.15) is 112 Å². The first kappa shape index (κ1) is 44.2. The molecule has 1 aliphatic heterocycles. The quantitative estimate of drug-likeness (QED) is 0.0681. The summed E-state index contributed by atoms with van der Waals surface area (Å²) in [6.45, 7) is 16.4. The number of hydrogen-bond donors (Lipinski definition) is 1. The predicted octanol–water partition coefficient (Wildman–Crippen LogP) is 7.43. The van der Waals surface area contributed by atoms with Crippen molar-refractivity contribution in [1.29, 1.82) is 5.26 Å². The van der Waals surface area contributed by atoms with Crippen molar-refractivity contribution in [2.24, 2.45) is 4.99 Å². The smallest absolute Gasteiger partial charge is 0.253 e. The number of aliphatic imine (C=N–C) groups is 1. The maximum absolute atomic E-state index is 13.3. The number of carbonyl (C=O) groups excluding carboxylic acids is 2. The van der Waals surface area contributed by atoms with Crippen molar-refractivity contribution in [1.82, 2.24) is 25.1 Å². The van der Waals surface area contributed by atoms with Crippen molar-refractivity contribution >= 4 is 17.6 Å². The first-order chi connectivity index (χ1) is 25.9. The number of nitrogens with one attached hydrogen (secondary N) is 1. The lowest BCUT2D eigenvalue weighted by molar-refractivity contribution is -0.130. The van der Waals surface area contributed by atoms with Gasteiger partial charge in [0.05, 0.1) is 25.8 Å². The molecule has 1 saturated heterocycles. The number of allylic oxidation sites excluding steroid dienone is 4. The summed E-state index contributed by atoms with van der Waals surface area (Å²) in [6.07, 6.45) is 16.5.